The fraction of sp³-hybridized carbons (Fsp3) is 0.800. The van der Waals surface area contributed by atoms with E-state index in [0.717, 1.165) is 0 Å². The van der Waals surface area contributed by atoms with E-state index in [9.17, 15) is 9.70 Å². The summed E-state index contributed by atoms with van der Waals surface area (Å²) >= 11 is 0. The van der Waals surface area contributed by atoms with Gasteiger partial charge in [0.05, 0.1) is 0 Å². The topological polar surface area (TPSA) is 78.8 Å². The van der Waals surface area contributed by atoms with E-state index < -0.39 is 11.5 Å². The van der Waals surface area contributed by atoms with Crippen molar-refractivity contribution in [1.82, 2.24) is 5.32 Å². The standard InChI is InChI=1S/C5H10N2O3/c1-5(7-10,3-6-2)4(8)9/h6H,3H2,1-2H3,(H,8,9). The second-order valence-electron chi connectivity index (χ2n) is 2.20. The number of carboxylic acid groups (broad SMARTS) is 1. The highest BCUT2D eigenvalue weighted by molar-refractivity contribution is 5.78. The maximum absolute atomic E-state index is 10.3. The predicted octanol–water partition coefficient (Wildman–Crippen LogP) is -0.184. The largest absolute Gasteiger partial charge is 0.479 e. The van der Waals surface area contributed by atoms with Crippen LogP contribution in [0.2, 0.25) is 0 Å². The van der Waals surface area contributed by atoms with Gasteiger partial charge in [0.25, 0.3) is 0 Å². The van der Waals surface area contributed by atoms with Crippen LogP contribution in [0.1, 0.15) is 6.92 Å². The van der Waals surface area contributed by atoms with Crippen LogP contribution >= 0.6 is 0 Å². The SMILES string of the molecule is CNCC(C)(N=O)C(=O)O. The third-order valence-corrected chi connectivity index (χ3v) is 1.18. The van der Waals surface area contributed by atoms with E-state index >= 15 is 0 Å². The number of hydrogen-bond donors (Lipinski definition) is 2. The maximum atomic E-state index is 10.3. The monoisotopic (exact) mass is 146 g/mol. The Labute approximate surface area is 58.4 Å². The van der Waals surface area contributed by atoms with Crippen LogP contribution in [0.25, 0.3) is 0 Å². The lowest BCUT2D eigenvalue weighted by Gasteiger charge is -2.13. The van der Waals surface area contributed by atoms with Gasteiger partial charge in [0, 0.05) is 6.54 Å². The molecule has 1 atom stereocenters. The normalized spacial score (nSPS) is 15.8. The number of carbonyl (C=O) groups is 1. The van der Waals surface area contributed by atoms with Gasteiger partial charge in [-0.05, 0) is 14.0 Å². The molecule has 1 unspecified atom stereocenters. The van der Waals surface area contributed by atoms with Crippen LogP contribution in [-0.2, 0) is 4.79 Å². The number of nitroso groups, excluding NO2 is 1. The number of carboxylic acids is 1. The second-order valence-corrected chi connectivity index (χ2v) is 2.20. The Morgan fingerprint density at radius 3 is 2.40 bits per heavy atom. The molecule has 0 aromatic carbocycles. The summed E-state index contributed by atoms with van der Waals surface area (Å²) in [6.07, 6.45) is 0. The van der Waals surface area contributed by atoms with E-state index in [4.69, 9.17) is 5.11 Å². The molecule has 0 aliphatic rings. The molecule has 0 aliphatic carbocycles. The molecule has 0 bridgehead atoms. The first-order chi connectivity index (χ1) is 4.56. The van der Waals surface area contributed by atoms with Crippen LogP contribution in [-0.4, -0.2) is 30.2 Å². The van der Waals surface area contributed by atoms with Gasteiger partial charge in [0.1, 0.15) is 0 Å². The summed E-state index contributed by atoms with van der Waals surface area (Å²) in [6, 6.07) is 0. The van der Waals surface area contributed by atoms with Crippen molar-refractivity contribution in [3.63, 3.8) is 0 Å². The van der Waals surface area contributed by atoms with E-state index in [1.807, 2.05) is 0 Å². The van der Waals surface area contributed by atoms with Crippen molar-refractivity contribution in [1.29, 1.82) is 0 Å². The first-order valence-electron chi connectivity index (χ1n) is 2.79. The Morgan fingerprint density at radius 2 is 2.30 bits per heavy atom. The molecule has 0 heterocycles. The van der Waals surface area contributed by atoms with Crippen LogP contribution < -0.4 is 5.32 Å². The lowest BCUT2D eigenvalue weighted by Crippen LogP contribution is -2.41. The van der Waals surface area contributed by atoms with E-state index in [-0.39, 0.29) is 6.54 Å². The maximum Gasteiger partial charge on any atom is 0.336 e. The van der Waals surface area contributed by atoms with Gasteiger partial charge in [-0.25, -0.2) is 4.79 Å². The highest BCUT2D eigenvalue weighted by Gasteiger charge is 2.33. The average molecular weight is 146 g/mol. The van der Waals surface area contributed by atoms with Crippen molar-refractivity contribution in [3.8, 4) is 0 Å². The number of nitrogens with one attached hydrogen (secondary N) is 1. The Hall–Kier alpha value is -0.970. The summed E-state index contributed by atoms with van der Waals surface area (Å²) in [7, 11) is 1.56. The molecule has 0 amide bonds. The van der Waals surface area contributed by atoms with Crippen molar-refractivity contribution in [3.05, 3.63) is 4.91 Å². The molecule has 0 saturated carbocycles. The van der Waals surface area contributed by atoms with Crippen LogP contribution in [0.15, 0.2) is 5.18 Å². The molecule has 0 saturated heterocycles. The molecule has 0 spiro atoms. The fourth-order valence-electron chi connectivity index (χ4n) is 0.491. The summed E-state index contributed by atoms with van der Waals surface area (Å²) in [5.74, 6) is -1.21. The minimum Gasteiger partial charge on any atom is -0.479 e. The van der Waals surface area contributed by atoms with Crippen molar-refractivity contribution >= 4 is 5.97 Å². The summed E-state index contributed by atoms with van der Waals surface area (Å²) < 4.78 is 0. The number of aliphatic carboxylic acids is 1. The molecule has 0 aromatic rings. The van der Waals surface area contributed by atoms with Crippen molar-refractivity contribution < 1.29 is 9.90 Å². The first kappa shape index (κ1) is 9.03. The second kappa shape index (κ2) is 3.26. The number of hydrogen-bond acceptors (Lipinski definition) is 4. The number of likely N-dealkylation sites (N-methyl/N-ethyl adjacent to an activating group) is 1. The average Bonchev–Trinajstić information content (AvgIpc) is 1.88. The molecule has 0 aromatic heterocycles. The van der Waals surface area contributed by atoms with Gasteiger partial charge in [0.2, 0.25) is 5.54 Å². The minimum absolute atomic E-state index is 0.0475. The van der Waals surface area contributed by atoms with Gasteiger partial charge >= 0.3 is 5.97 Å². The molecule has 58 valence electrons. The van der Waals surface area contributed by atoms with Crippen LogP contribution in [0.5, 0.6) is 0 Å². The summed E-state index contributed by atoms with van der Waals surface area (Å²) in [4.78, 5) is 20.3. The van der Waals surface area contributed by atoms with Crippen molar-refractivity contribution in [2.45, 2.75) is 12.5 Å². The van der Waals surface area contributed by atoms with Crippen molar-refractivity contribution in [2.24, 2.45) is 5.18 Å². The van der Waals surface area contributed by atoms with Crippen LogP contribution in [0, 0.1) is 4.91 Å². The van der Waals surface area contributed by atoms with Gasteiger partial charge in [-0.15, -0.1) is 4.91 Å². The zero-order valence-electron chi connectivity index (χ0n) is 5.92. The molecule has 5 heteroatoms. The van der Waals surface area contributed by atoms with Crippen molar-refractivity contribution in [2.75, 3.05) is 13.6 Å². The smallest absolute Gasteiger partial charge is 0.336 e. The number of nitrogens with zero attached hydrogens (tertiary/aromatic N) is 1. The molecule has 5 nitrogen and oxygen atoms in total. The lowest BCUT2D eigenvalue weighted by molar-refractivity contribution is -0.142. The Kier molecular flexibility index (Phi) is 2.95. The summed E-state index contributed by atoms with van der Waals surface area (Å²) in [5, 5.41) is 13.5. The Morgan fingerprint density at radius 1 is 1.80 bits per heavy atom. The fourth-order valence-corrected chi connectivity index (χ4v) is 0.491. The zero-order valence-corrected chi connectivity index (χ0v) is 5.92. The van der Waals surface area contributed by atoms with Gasteiger partial charge in [0.15, 0.2) is 0 Å². The van der Waals surface area contributed by atoms with E-state index in [2.05, 4.69) is 10.5 Å². The molecule has 0 rings (SSSR count). The Bertz CT molecular complexity index is 148. The third kappa shape index (κ3) is 1.77. The molecule has 0 fully saturated rings. The first-order valence-corrected chi connectivity index (χ1v) is 2.79. The molecule has 0 radical (unpaired) electrons. The third-order valence-electron chi connectivity index (χ3n) is 1.18. The van der Waals surface area contributed by atoms with Crippen LogP contribution in [0.4, 0.5) is 0 Å². The Balaban J connectivity index is 4.22. The summed E-state index contributed by atoms with van der Waals surface area (Å²) in [5.41, 5.74) is -1.53. The molecular weight excluding hydrogens is 136 g/mol. The highest BCUT2D eigenvalue weighted by atomic mass is 16.4. The summed E-state index contributed by atoms with van der Waals surface area (Å²) in [6.45, 7) is 1.31. The molecule has 0 aliphatic heterocycles. The van der Waals surface area contributed by atoms with Gasteiger partial charge < -0.3 is 10.4 Å². The number of rotatable bonds is 4. The zero-order chi connectivity index (χ0) is 8.20. The lowest BCUT2D eigenvalue weighted by atomic mass is 10.1. The highest BCUT2D eigenvalue weighted by Crippen LogP contribution is 2.07. The van der Waals surface area contributed by atoms with Crippen LogP contribution in [0.3, 0.4) is 0 Å². The van der Waals surface area contributed by atoms with E-state index in [0.29, 0.717) is 0 Å². The van der Waals surface area contributed by atoms with Gasteiger partial charge in [-0.2, -0.15) is 0 Å². The van der Waals surface area contributed by atoms with E-state index in [1.54, 1.807) is 7.05 Å². The van der Waals surface area contributed by atoms with Gasteiger partial charge in [-0.1, -0.05) is 5.18 Å². The molecule has 10 heavy (non-hydrogen) atoms. The quantitative estimate of drug-likeness (QED) is 0.539. The molecular formula is C5H10N2O3. The minimum atomic E-state index is -1.53. The molecule has 2 N–H and O–H groups in total. The predicted molar refractivity (Wildman–Crippen MR) is 35.8 cm³/mol. The van der Waals surface area contributed by atoms with E-state index in [1.165, 1.54) is 6.92 Å². The van der Waals surface area contributed by atoms with Gasteiger partial charge in [-0.3, -0.25) is 0 Å².